The van der Waals surface area contributed by atoms with Crippen molar-refractivity contribution in [1.82, 2.24) is 0 Å². The van der Waals surface area contributed by atoms with E-state index >= 15 is 0 Å². The van der Waals surface area contributed by atoms with Crippen LogP contribution in [0.2, 0.25) is 0 Å². The molecule has 0 aliphatic carbocycles. The number of carbonyl (C=O) groups excluding carboxylic acids is 1. The summed E-state index contributed by atoms with van der Waals surface area (Å²) in [6.07, 6.45) is 19.4. The van der Waals surface area contributed by atoms with E-state index in [1.165, 1.54) is 84.0 Å². The molecule has 2 unspecified atom stereocenters. The molecule has 0 saturated carbocycles. The summed E-state index contributed by atoms with van der Waals surface area (Å²) in [6, 6.07) is 0. The highest BCUT2D eigenvalue weighted by Gasteiger charge is 2.32. The van der Waals surface area contributed by atoms with E-state index in [0.717, 1.165) is 19.3 Å². The average Bonchev–Trinajstić information content (AvgIpc) is 2.63. The summed E-state index contributed by atoms with van der Waals surface area (Å²) in [5.41, 5.74) is 5.48. The van der Waals surface area contributed by atoms with Gasteiger partial charge >= 0.3 is 5.97 Å². The second-order valence-electron chi connectivity index (χ2n) is 8.01. The zero-order valence-electron chi connectivity index (χ0n) is 17.9. The zero-order valence-corrected chi connectivity index (χ0v) is 17.9. The van der Waals surface area contributed by atoms with Gasteiger partial charge in [-0.25, -0.2) is 0 Å². The van der Waals surface area contributed by atoms with Crippen molar-refractivity contribution in [2.75, 3.05) is 6.61 Å². The highest BCUT2D eigenvalue weighted by molar-refractivity contribution is 5.69. The molecule has 27 heavy (non-hydrogen) atoms. The van der Waals surface area contributed by atoms with E-state index in [9.17, 15) is 9.90 Å². The molecule has 0 aliphatic heterocycles. The summed E-state index contributed by atoms with van der Waals surface area (Å²) >= 11 is 0. The number of rotatable bonds is 19. The fraction of sp³-hybridized carbons (Fsp3) is 0.955. The maximum atomic E-state index is 11.7. The standard InChI is InChI=1S/C22H45NO4/c1-3-4-5-6-7-8-9-10-11-12-13-14-15-16-17-18-21(25)27-22(23,26)20(2)19-24/h20,24,26H,3-19,23H2,1-2H3. The van der Waals surface area contributed by atoms with Gasteiger partial charge in [0, 0.05) is 6.42 Å². The zero-order chi connectivity index (χ0) is 20.4. The lowest BCUT2D eigenvalue weighted by molar-refractivity contribution is -0.231. The number of nitrogens with two attached hydrogens (primary N) is 1. The number of ether oxygens (including phenoxy) is 1. The minimum Gasteiger partial charge on any atom is -0.419 e. The quantitative estimate of drug-likeness (QED) is 0.164. The smallest absolute Gasteiger partial charge is 0.309 e. The number of unbranched alkanes of at least 4 members (excludes halogenated alkanes) is 14. The predicted octanol–water partition coefficient (Wildman–Crippen LogP) is 5.02. The van der Waals surface area contributed by atoms with Gasteiger partial charge in [0.25, 0.3) is 5.91 Å². The molecule has 0 rings (SSSR count). The van der Waals surface area contributed by atoms with E-state index in [0.29, 0.717) is 0 Å². The van der Waals surface area contributed by atoms with E-state index < -0.39 is 17.8 Å². The van der Waals surface area contributed by atoms with Gasteiger partial charge < -0.3 is 14.9 Å². The number of aliphatic hydroxyl groups is 2. The Hall–Kier alpha value is -0.650. The van der Waals surface area contributed by atoms with Crippen LogP contribution >= 0.6 is 0 Å². The van der Waals surface area contributed by atoms with Crippen molar-refractivity contribution in [2.45, 2.75) is 122 Å². The van der Waals surface area contributed by atoms with Gasteiger partial charge in [-0.15, -0.1) is 0 Å². The number of carbonyl (C=O) groups is 1. The number of hydrogen-bond donors (Lipinski definition) is 3. The molecule has 0 aliphatic rings. The predicted molar refractivity (Wildman–Crippen MR) is 111 cm³/mol. The second-order valence-corrected chi connectivity index (χ2v) is 8.01. The van der Waals surface area contributed by atoms with Crippen LogP contribution in [0.15, 0.2) is 0 Å². The monoisotopic (exact) mass is 387 g/mol. The molecule has 0 radical (unpaired) electrons. The van der Waals surface area contributed by atoms with Gasteiger partial charge in [0.15, 0.2) is 0 Å². The van der Waals surface area contributed by atoms with Crippen molar-refractivity contribution in [3.63, 3.8) is 0 Å². The molecule has 0 spiro atoms. The topological polar surface area (TPSA) is 92.8 Å². The van der Waals surface area contributed by atoms with E-state index in [-0.39, 0.29) is 13.0 Å². The van der Waals surface area contributed by atoms with E-state index in [1.54, 1.807) is 0 Å². The second kappa shape index (κ2) is 17.4. The molecule has 0 fully saturated rings. The summed E-state index contributed by atoms with van der Waals surface area (Å²) in [4.78, 5) is 11.7. The van der Waals surface area contributed by atoms with Gasteiger partial charge in [-0.2, -0.15) is 0 Å². The summed E-state index contributed by atoms with van der Waals surface area (Å²) in [5, 5.41) is 18.7. The Labute approximate surface area is 167 Å². The minimum absolute atomic E-state index is 0.260. The van der Waals surface area contributed by atoms with Gasteiger partial charge in [-0.3, -0.25) is 10.5 Å². The van der Waals surface area contributed by atoms with E-state index in [2.05, 4.69) is 6.92 Å². The molecule has 5 heteroatoms. The molecule has 162 valence electrons. The molecule has 4 N–H and O–H groups in total. The lowest BCUT2D eigenvalue weighted by Gasteiger charge is -2.27. The van der Waals surface area contributed by atoms with Crippen LogP contribution in [0.3, 0.4) is 0 Å². The van der Waals surface area contributed by atoms with Crippen molar-refractivity contribution < 1.29 is 19.7 Å². The van der Waals surface area contributed by atoms with Gasteiger partial charge in [-0.05, 0) is 6.42 Å². The normalized spacial score (nSPS) is 14.7. The van der Waals surface area contributed by atoms with Crippen molar-refractivity contribution in [1.29, 1.82) is 0 Å². The molecule has 2 atom stereocenters. The third-order valence-corrected chi connectivity index (χ3v) is 5.24. The van der Waals surface area contributed by atoms with Crippen molar-refractivity contribution in [3.05, 3.63) is 0 Å². The van der Waals surface area contributed by atoms with Crippen LogP contribution in [0.25, 0.3) is 0 Å². The third kappa shape index (κ3) is 16.0. The molecular weight excluding hydrogens is 342 g/mol. The molecule has 0 saturated heterocycles. The average molecular weight is 388 g/mol. The largest absolute Gasteiger partial charge is 0.419 e. The molecule has 0 bridgehead atoms. The number of hydrogen-bond acceptors (Lipinski definition) is 5. The van der Waals surface area contributed by atoms with Gasteiger partial charge in [0.05, 0.1) is 12.5 Å². The van der Waals surface area contributed by atoms with Crippen LogP contribution in [0.1, 0.15) is 117 Å². The first-order chi connectivity index (χ1) is 12.9. The Morgan fingerprint density at radius 2 is 1.22 bits per heavy atom. The third-order valence-electron chi connectivity index (χ3n) is 5.24. The van der Waals surface area contributed by atoms with Crippen LogP contribution in [0.4, 0.5) is 0 Å². The summed E-state index contributed by atoms with van der Waals surface area (Å²) < 4.78 is 4.84. The molecule has 0 aromatic heterocycles. The Morgan fingerprint density at radius 1 is 0.852 bits per heavy atom. The van der Waals surface area contributed by atoms with E-state index in [4.69, 9.17) is 15.6 Å². The first-order valence-electron chi connectivity index (χ1n) is 11.3. The molecule has 0 heterocycles. The first-order valence-corrected chi connectivity index (χ1v) is 11.3. The van der Waals surface area contributed by atoms with Crippen molar-refractivity contribution in [2.24, 2.45) is 11.7 Å². The lowest BCUT2D eigenvalue weighted by Crippen LogP contribution is -2.51. The summed E-state index contributed by atoms with van der Waals surface area (Å²) in [7, 11) is 0. The van der Waals surface area contributed by atoms with Crippen molar-refractivity contribution in [3.8, 4) is 0 Å². The molecule has 0 amide bonds. The van der Waals surface area contributed by atoms with E-state index in [1.807, 2.05) is 0 Å². The molecule has 0 aromatic carbocycles. The number of aliphatic hydroxyl groups excluding tert-OH is 1. The highest BCUT2D eigenvalue weighted by Crippen LogP contribution is 2.16. The van der Waals surface area contributed by atoms with Gasteiger partial charge in [0.1, 0.15) is 0 Å². The van der Waals surface area contributed by atoms with Crippen molar-refractivity contribution >= 4 is 5.97 Å². The van der Waals surface area contributed by atoms with Crippen LogP contribution in [-0.2, 0) is 9.53 Å². The van der Waals surface area contributed by atoms with Crippen LogP contribution < -0.4 is 5.73 Å². The highest BCUT2D eigenvalue weighted by atomic mass is 16.7. The molecular formula is C22H45NO4. The summed E-state index contributed by atoms with van der Waals surface area (Å²) in [6.45, 7) is 3.45. The Balaban J connectivity index is 3.34. The maximum Gasteiger partial charge on any atom is 0.309 e. The minimum atomic E-state index is -2.08. The Kier molecular flexibility index (Phi) is 17.0. The van der Waals surface area contributed by atoms with Crippen LogP contribution in [0.5, 0.6) is 0 Å². The number of esters is 1. The Bertz CT molecular complexity index is 347. The summed E-state index contributed by atoms with van der Waals surface area (Å²) in [5.74, 6) is -3.29. The molecule has 0 aromatic rings. The Morgan fingerprint density at radius 3 is 1.59 bits per heavy atom. The lowest BCUT2D eigenvalue weighted by atomic mass is 10.0. The van der Waals surface area contributed by atoms with Gasteiger partial charge in [-0.1, -0.05) is 104 Å². The maximum absolute atomic E-state index is 11.7. The van der Waals surface area contributed by atoms with Crippen LogP contribution in [0, 0.1) is 5.92 Å². The molecule has 5 nitrogen and oxygen atoms in total. The first kappa shape index (κ1) is 26.4. The SMILES string of the molecule is CCCCCCCCCCCCCCCCCC(=O)OC(N)(O)C(C)CO. The fourth-order valence-corrected chi connectivity index (χ4v) is 3.11. The van der Waals surface area contributed by atoms with Crippen LogP contribution in [-0.4, -0.2) is 28.7 Å². The van der Waals surface area contributed by atoms with Gasteiger partial charge in [0.2, 0.25) is 0 Å². The fourth-order valence-electron chi connectivity index (χ4n) is 3.11.